The predicted octanol–water partition coefficient (Wildman–Crippen LogP) is 4.52. The Labute approximate surface area is 120 Å². The van der Waals surface area contributed by atoms with Crippen molar-refractivity contribution in [3.05, 3.63) is 57.8 Å². The molecule has 0 amide bonds. The highest BCUT2D eigenvalue weighted by molar-refractivity contribution is 9.10. The van der Waals surface area contributed by atoms with E-state index in [1.54, 1.807) is 13.2 Å². The van der Waals surface area contributed by atoms with E-state index in [1.165, 1.54) is 6.07 Å². The molecule has 0 fully saturated rings. The molecule has 2 aromatic rings. The van der Waals surface area contributed by atoms with E-state index in [9.17, 15) is 4.39 Å². The summed E-state index contributed by atoms with van der Waals surface area (Å²) in [4.78, 5) is 0. The van der Waals surface area contributed by atoms with Gasteiger partial charge in [-0.2, -0.15) is 0 Å². The fourth-order valence-electron chi connectivity index (χ4n) is 1.78. The van der Waals surface area contributed by atoms with Crippen LogP contribution in [0.15, 0.2) is 40.9 Å². The monoisotopic (exact) mass is 323 g/mol. The van der Waals surface area contributed by atoms with E-state index in [2.05, 4.69) is 21.2 Å². The van der Waals surface area contributed by atoms with Crippen molar-refractivity contribution in [3.63, 3.8) is 0 Å². The number of hydrogen-bond acceptors (Lipinski definition) is 2. The van der Waals surface area contributed by atoms with Gasteiger partial charge in [-0.25, -0.2) is 4.39 Å². The zero-order valence-electron chi connectivity index (χ0n) is 10.8. The Morgan fingerprint density at radius 1 is 1.21 bits per heavy atom. The first-order chi connectivity index (χ1) is 9.10. The van der Waals surface area contributed by atoms with Gasteiger partial charge in [-0.1, -0.05) is 12.1 Å². The first kappa shape index (κ1) is 13.9. The fourth-order valence-corrected chi connectivity index (χ4v) is 2.24. The highest BCUT2D eigenvalue weighted by atomic mass is 79.9. The molecule has 2 rings (SSSR count). The van der Waals surface area contributed by atoms with Gasteiger partial charge in [0.25, 0.3) is 0 Å². The quantitative estimate of drug-likeness (QED) is 0.893. The van der Waals surface area contributed by atoms with Gasteiger partial charge in [0.05, 0.1) is 11.6 Å². The van der Waals surface area contributed by atoms with Crippen LogP contribution in [0.25, 0.3) is 0 Å². The summed E-state index contributed by atoms with van der Waals surface area (Å²) < 4.78 is 19.1. The molecule has 0 spiro atoms. The van der Waals surface area contributed by atoms with Crippen molar-refractivity contribution in [1.82, 2.24) is 0 Å². The summed E-state index contributed by atoms with van der Waals surface area (Å²) in [5.41, 5.74) is 2.92. The zero-order chi connectivity index (χ0) is 13.8. The number of aryl methyl sites for hydroxylation is 1. The van der Waals surface area contributed by atoms with Gasteiger partial charge >= 0.3 is 0 Å². The molecule has 0 atom stereocenters. The zero-order valence-corrected chi connectivity index (χ0v) is 12.4. The maximum absolute atomic E-state index is 13.5. The van der Waals surface area contributed by atoms with E-state index in [0.29, 0.717) is 11.0 Å². The molecule has 19 heavy (non-hydrogen) atoms. The Morgan fingerprint density at radius 2 is 1.89 bits per heavy atom. The largest absolute Gasteiger partial charge is 0.497 e. The second-order valence-electron chi connectivity index (χ2n) is 4.28. The average Bonchev–Trinajstić information content (AvgIpc) is 2.42. The molecule has 0 radical (unpaired) electrons. The highest BCUT2D eigenvalue weighted by Crippen LogP contribution is 2.24. The number of nitrogens with one attached hydrogen (secondary N) is 1. The van der Waals surface area contributed by atoms with Crippen LogP contribution in [0, 0.1) is 12.7 Å². The van der Waals surface area contributed by atoms with Gasteiger partial charge in [0.2, 0.25) is 0 Å². The molecule has 100 valence electrons. The minimum absolute atomic E-state index is 0.261. The first-order valence-electron chi connectivity index (χ1n) is 5.92. The van der Waals surface area contributed by atoms with Crippen molar-refractivity contribution in [2.45, 2.75) is 13.5 Å². The van der Waals surface area contributed by atoms with E-state index in [-0.39, 0.29) is 5.82 Å². The van der Waals surface area contributed by atoms with Crippen molar-refractivity contribution in [3.8, 4) is 5.75 Å². The number of anilines is 1. The molecule has 1 N–H and O–H groups in total. The number of rotatable bonds is 4. The third-order valence-electron chi connectivity index (χ3n) is 2.91. The lowest BCUT2D eigenvalue weighted by Crippen LogP contribution is -2.01. The first-order valence-corrected chi connectivity index (χ1v) is 6.72. The van der Waals surface area contributed by atoms with Crippen molar-refractivity contribution < 1.29 is 9.13 Å². The average molecular weight is 324 g/mol. The molecule has 0 unspecified atom stereocenters. The van der Waals surface area contributed by atoms with Gasteiger partial charge < -0.3 is 10.1 Å². The molecule has 0 aliphatic rings. The Kier molecular flexibility index (Phi) is 4.43. The summed E-state index contributed by atoms with van der Waals surface area (Å²) in [6.45, 7) is 2.59. The third-order valence-corrected chi connectivity index (χ3v) is 3.52. The van der Waals surface area contributed by atoms with Crippen LogP contribution < -0.4 is 10.1 Å². The summed E-state index contributed by atoms with van der Waals surface area (Å²) >= 11 is 3.18. The third kappa shape index (κ3) is 3.47. The lowest BCUT2D eigenvalue weighted by atomic mass is 10.1. The fraction of sp³-hybridized carbons (Fsp3) is 0.200. The summed E-state index contributed by atoms with van der Waals surface area (Å²) in [7, 11) is 1.64. The molecule has 0 aromatic heterocycles. The van der Waals surface area contributed by atoms with E-state index in [1.807, 2.05) is 31.2 Å². The minimum atomic E-state index is -0.261. The molecule has 0 bridgehead atoms. The number of benzene rings is 2. The van der Waals surface area contributed by atoms with Crippen molar-refractivity contribution >= 4 is 21.6 Å². The molecule has 4 heteroatoms. The Bertz CT molecular complexity index is 569. The minimum Gasteiger partial charge on any atom is -0.497 e. The van der Waals surface area contributed by atoms with Crippen LogP contribution in [0.3, 0.4) is 0 Å². The van der Waals surface area contributed by atoms with Gasteiger partial charge in [0, 0.05) is 12.2 Å². The number of halogens is 2. The molecular weight excluding hydrogens is 309 g/mol. The van der Waals surface area contributed by atoms with Crippen molar-refractivity contribution in [1.29, 1.82) is 0 Å². The van der Waals surface area contributed by atoms with Crippen LogP contribution in [0.4, 0.5) is 10.1 Å². The van der Waals surface area contributed by atoms with Crippen LogP contribution in [0.1, 0.15) is 11.1 Å². The van der Waals surface area contributed by atoms with Crippen LogP contribution in [-0.2, 0) is 6.54 Å². The van der Waals surface area contributed by atoms with E-state index >= 15 is 0 Å². The van der Waals surface area contributed by atoms with Crippen LogP contribution in [0.5, 0.6) is 5.75 Å². The predicted molar refractivity (Wildman–Crippen MR) is 79.2 cm³/mol. The topological polar surface area (TPSA) is 21.3 Å². The lowest BCUT2D eigenvalue weighted by molar-refractivity contribution is 0.414. The van der Waals surface area contributed by atoms with Gasteiger partial charge in [-0.3, -0.25) is 0 Å². The molecule has 0 saturated carbocycles. The Morgan fingerprint density at radius 3 is 2.53 bits per heavy atom. The molecule has 2 nitrogen and oxygen atoms in total. The van der Waals surface area contributed by atoms with Crippen molar-refractivity contribution in [2.24, 2.45) is 0 Å². The normalized spacial score (nSPS) is 10.3. The lowest BCUT2D eigenvalue weighted by Gasteiger charge is -2.11. The van der Waals surface area contributed by atoms with Crippen LogP contribution >= 0.6 is 15.9 Å². The molecule has 2 aromatic carbocycles. The van der Waals surface area contributed by atoms with Crippen LogP contribution in [0.2, 0.25) is 0 Å². The standard InChI is InChI=1S/C15H15BrFNO/c1-10-7-13(16)14(17)8-15(10)18-9-11-3-5-12(19-2)6-4-11/h3-8,18H,9H2,1-2H3. The molecular formula is C15H15BrFNO. The van der Waals surface area contributed by atoms with E-state index in [0.717, 1.165) is 22.6 Å². The number of methoxy groups -OCH3 is 1. The van der Waals surface area contributed by atoms with Crippen molar-refractivity contribution in [2.75, 3.05) is 12.4 Å². The van der Waals surface area contributed by atoms with Gasteiger partial charge in [0.1, 0.15) is 11.6 Å². The second kappa shape index (κ2) is 6.06. The summed E-state index contributed by atoms with van der Waals surface area (Å²) in [6.07, 6.45) is 0. The molecule has 0 aliphatic carbocycles. The summed E-state index contributed by atoms with van der Waals surface area (Å²) in [6, 6.07) is 11.1. The van der Waals surface area contributed by atoms with E-state index in [4.69, 9.17) is 4.74 Å². The summed E-state index contributed by atoms with van der Waals surface area (Å²) in [5.74, 6) is 0.567. The maximum atomic E-state index is 13.5. The van der Waals surface area contributed by atoms with Gasteiger partial charge in [-0.15, -0.1) is 0 Å². The van der Waals surface area contributed by atoms with Crippen LogP contribution in [-0.4, -0.2) is 7.11 Å². The number of ether oxygens (including phenoxy) is 1. The highest BCUT2D eigenvalue weighted by Gasteiger charge is 2.05. The smallest absolute Gasteiger partial charge is 0.139 e. The molecule has 0 aliphatic heterocycles. The number of hydrogen-bond donors (Lipinski definition) is 1. The molecule has 0 saturated heterocycles. The summed E-state index contributed by atoms with van der Waals surface area (Å²) in [5, 5.41) is 3.23. The Balaban J connectivity index is 2.07. The SMILES string of the molecule is COc1ccc(CNc2cc(F)c(Br)cc2C)cc1. The van der Waals surface area contributed by atoms with Gasteiger partial charge in [0.15, 0.2) is 0 Å². The molecule has 0 heterocycles. The second-order valence-corrected chi connectivity index (χ2v) is 5.14. The van der Waals surface area contributed by atoms with E-state index < -0.39 is 0 Å². The maximum Gasteiger partial charge on any atom is 0.139 e. The van der Waals surface area contributed by atoms with Gasteiger partial charge in [-0.05, 0) is 58.2 Å². The Hall–Kier alpha value is -1.55.